The standard InChI is InChI=1S/C21H27N3O4S/c1-3-27-20(25)13-8-7-11-24(12-13)18-16-14-9-5-6-10-15(14)29-19(16)23-17(22-18)21(26)28-4-2/h13H,3-12H2,1-2H3. The van der Waals surface area contributed by atoms with Crippen molar-refractivity contribution >= 4 is 39.3 Å². The number of carbonyl (C=O) groups excluding carboxylic acids is 2. The third-order valence-electron chi connectivity index (χ3n) is 5.59. The van der Waals surface area contributed by atoms with Gasteiger partial charge < -0.3 is 14.4 Å². The molecule has 1 saturated heterocycles. The number of ether oxygens (including phenoxy) is 2. The number of hydrogen-bond donors (Lipinski definition) is 0. The first kappa shape index (κ1) is 20.1. The second kappa shape index (κ2) is 8.65. The Morgan fingerprint density at radius 2 is 1.90 bits per heavy atom. The number of carbonyl (C=O) groups is 2. The molecule has 2 aromatic heterocycles. The maximum Gasteiger partial charge on any atom is 0.376 e. The van der Waals surface area contributed by atoms with Crippen molar-refractivity contribution in [3.05, 3.63) is 16.3 Å². The Balaban J connectivity index is 1.77. The normalized spacial score (nSPS) is 19.1. The molecule has 1 aliphatic carbocycles. The van der Waals surface area contributed by atoms with Crippen LogP contribution in [0.1, 0.15) is 60.6 Å². The van der Waals surface area contributed by atoms with Crippen LogP contribution in [0.15, 0.2) is 0 Å². The monoisotopic (exact) mass is 417 g/mol. The molecular formula is C21H27N3O4S. The van der Waals surface area contributed by atoms with E-state index in [0.29, 0.717) is 13.2 Å². The molecule has 0 aromatic carbocycles. The number of rotatable bonds is 5. The SMILES string of the molecule is CCOC(=O)c1nc(N2CCCC(C(=O)OCC)C2)c2c3c(sc2n1)CCCC3. The van der Waals surface area contributed by atoms with E-state index in [2.05, 4.69) is 14.9 Å². The van der Waals surface area contributed by atoms with Crippen LogP contribution >= 0.6 is 11.3 Å². The van der Waals surface area contributed by atoms with Gasteiger partial charge in [0, 0.05) is 18.0 Å². The van der Waals surface area contributed by atoms with Crippen LogP contribution in [0.3, 0.4) is 0 Å². The van der Waals surface area contributed by atoms with Crippen LogP contribution in [-0.2, 0) is 27.1 Å². The lowest BCUT2D eigenvalue weighted by molar-refractivity contribution is -0.148. The molecular weight excluding hydrogens is 390 g/mol. The van der Waals surface area contributed by atoms with Gasteiger partial charge in [-0.3, -0.25) is 4.79 Å². The summed E-state index contributed by atoms with van der Waals surface area (Å²) in [6, 6.07) is 0. The summed E-state index contributed by atoms with van der Waals surface area (Å²) in [4.78, 5) is 38.3. The zero-order valence-corrected chi connectivity index (χ0v) is 17.8. The van der Waals surface area contributed by atoms with Crippen LogP contribution in [-0.4, -0.2) is 48.2 Å². The van der Waals surface area contributed by atoms with Crippen molar-refractivity contribution in [2.75, 3.05) is 31.2 Å². The van der Waals surface area contributed by atoms with Gasteiger partial charge in [0.05, 0.1) is 24.5 Å². The van der Waals surface area contributed by atoms with Gasteiger partial charge in [0.25, 0.3) is 0 Å². The highest BCUT2D eigenvalue weighted by atomic mass is 32.1. The van der Waals surface area contributed by atoms with E-state index in [1.165, 1.54) is 16.9 Å². The first-order valence-corrected chi connectivity index (χ1v) is 11.3. The molecule has 1 atom stereocenters. The molecule has 1 aliphatic heterocycles. The van der Waals surface area contributed by atoms with E-state index in [1.807, 2.05) is 6.92 Å². The number of anilines is 1. The third-order valence-corrected chi connectivity index (χ3v) is 6.78. The Bertz CT molecular complexity index is 926. The molecule has 0 spiro atoms. The Morgan fingerprint density at radius 3 is 2.69 bits per heavy atom. The molecule has 4 rings (SSSR count). The van der Waals surface area contributed by atoms with Gasteiger partial charge in [-0.1, -0.05) is 0 Å². The van der Waals surface area contributed by atoms with E-state index >= 15 is 0 Å². The molecule has 156 valence electrons. The van der Waals surface area contributed by atoms with Crippen molar-refractivity contribution < 1.29 is 19.1 Å². The topological polar surface area (TPSA) is 81.6 Å². The summed E-state index contributed by atoms with van der Waals surface area (Å²) in [6.07, 6.45) is 6.10. The quantitative estimate of drug-likeness (QED) is 0.688. The lowest BCUT2D eigenvalue weighted by atomic mass is 9.95. The lowest BCUT2D eigenvalue weighted by Gasteiger charge is -2.33. The zero-order chi connectivity index (χ0) is 20.4. The fourth-order valence-electron chi connectivity index (χ4n) is 4.28. The first-order chi connectivity index (χ1) is 14.1. The van der Waals surface area contributed by atoms with Crippen LogP contribution < -0.4 is 4.90 Å². The highest BCUT2D eigenvalue weighted by Crippen LogP contribution is 2.40. The molecule has 0 radical (unpaired) electrons. The van der Waals surface area contributed by atoms with Crippen molar-refractivity contribution in [1.29, 1.82) is 0 Å². The number of esters is 2. The van der Waals surface area contributed by atoms with E-state index in [1.54, 1.807) is 18.3 Å². The van der Waals surface area contributed by atoms with Crippen LogP contribution in [0.4, 0.5) is 5.82 Å². The van der Waals surface area contributed by atoms with Gasteiger partial charge in [-0.2, -0.15) is 0 Å². The van der Waals surface area contributed by atoms with E-state index < -0.39 is 5.97 Å². The van der Waals surface area contributed by atoms with Gasteiger partial charge in [0.1, 0.15) is 10.6 Å². The van der Waals surface area contributed by atoms with Crippen molar-refractivity contribution in [1.82, 2.24) is 9.97 Å². The molecule has 1 unspecified atom stereocenters. The van der Waals surface area contributed by atoms with Crippen molar-refractivity contribution in [3.8, 4) is 0 Å². The highest BCUT2D eigenvalue weighted by molar-refractivity contribution is 7.19. The van der Waals surface area contributed by atoms with Gasteiger partial charge in [0.2, 0.25) is 5.82 Å². The predicted molar refractivity (Wildman–Crippen MR) is 112 cm³/mol. The summed E-state index contributed by atoms with van der Waals surface area (Å²) >= 11 is 1.67. The smallest absolute Gasteiger partial charge is 0.376 e. The van der Waals surface area contributed by atoms with Crippen LogP contribution in [0, 0.1) is 5.92 Å². The summed E-state index contributed by atoms with van der Waals surface area (Å²) in [5, 5.41) is 1.06. The van der Waals surface area contributed by atoms with Crippen molar-refractivity contribution in [2.24, 2.45) is 5.92 Å². The fraction of sp³-hybridized carbons (Fsp3) is 0.619. The Kier molecular flexibility index (Phi) is 5.99. The number of aromatic nitrogens is 2. The van der Waals surface area contributed by atoms with Gasteiger partial charge >= 0.3 is 11.9 Å². The number of fused-ring (bicyclic) bond motifs is 3. The number of thiophene rings is 1. The van der Waals surface area contributed by atoms with Crippen LogP contribution in [0.5, 0.6) is 0 Å². The van der Waals surface area contributed by atoms with Gasteiger partial charge in [-0.05, 0) is 57.9 Å². The average Bonchev–Trinajstić information content (AvgIpc) is 3.12. The molecule has 2 aliphatic rings. The predicted octanol–water partition coefficient (Wildman–Crippen LogP) is 3.53. The Hall–Kier alpha value is -2.22. The fourth-order valence-corrected chi connectivity index (χ4v) is 5.53. The second-order valence-corrected chi connectivity index (χ2v) is 8.60. The highest BCUT2D eigenvalue weighted by Gasteiger charge is 2.31. The molecule has 29 heavy (non-hydrogen) atoms. The molecule has 8 heteroatoms. The Morgan fingerprint density at radius 1 is 1.10 bits per heavy atom. The summed E-state index contributed by atoms with van der Waals surface area (Å²) in [5.74, 6) is 0.0494. The van der Waals surface area contributed by atoms with Crippen LogP contribution in [0.25, 0.3) is 10.2 Å². The van der Waals surface area contributed by atoms with E-state index in [-0.39, 0.29) is 24.3 Å². The molecule has 7 nitrogen and oxygen atoms in total. The largest absolute Gasteiger partial charge is 0.466 e. The summed E-state index contributed by atoms with van der Waals surface area (Å²) in [5.41, 5.74) is 1.32. The summed E-state index contributed by atoms with van der Waals surface area (Å²) < 4.78 is 10.4. The molecule has 0 amide bonds. The number of piperidine rings is 1. The number of aryl methyl sites for hydroxylation is 2. The first-order valence-electron chi connectivity index (χ1n) is 10.5. The maximum atomic E-state index is 12.4. The molecule has 2 aromatic rings. The minimum atomic E-state index is -0.499. The van der Waals surface area contributed by atoms with E-state index in [4.69, 9.17) is 9.47 Å². The van der Waals surface area contributed by atoms with Crippen molar-refractivity contribution in [3.63, 3.8) is 0 Å². The second-order valence-electron chi connectivity index (χ2n) is 7.52. The van der Waals surface area contributed by atoms with Crippen LogP contribution in [0.2, 0.25) is 0 Å². The van der Waals surface area contributed by atoms with Gasteiger partial charge in [-0.25, -0.2) is 14.8 Å². The van der Waals surface area contributed by atoms with E-state index in [9.17, 15) is 9.59 Å². The summed E-state index contributed by atoms with van der Waals surface area (Å²) in [7, 11) is 0. The summed E-state index contributed by atoms with van der Waals surface area (Å²) in [6.45, 7) is 5.63. The number of hydrogen-bond acceptors (Lipinski definition) is 8. The van der Waals surface area contributed by atoms with Gasteiger partial charge in [0.15, 0.2) is 0 Å². The molecule has 0 saturated carbocycles. The minimum Gasteiger partial charge on any atom is -0.466 e. The third kappa shape index (κ3) is 3.95. The lowest BCUT2D eigenvalue weighted by Crippen LogP contribution is -2.40. The average molecular weight is 418 g/mol. The molecule has 0 N–H and O–H groups in total. The molecule has 1 fully saturated rings. The molecule has 0 bridgehead atoms. The minimum absolute atomic E-state index is 0.103. The molecule has 3 heterocycles. The number of nitrogens with zero attached hydrogens (tertiary/aromatic N) is 3. The van der Waals surface area contributed by atoms with Crippen molar-refractivity contribution in [2.45, 2.75) is 52.4 Å². The zero-order valence-electron chi connectivity index (χ0n) is 17.0. The van der Waals surface area contributed by atoms with Gasteiger partial charge in [-0.15, -0.1) is 11.3 Å². The maximum absolute atomic E-state index is 12.4. The Labute approximate surface area is 174 Å². The van der Waals surface area contributed by atoms with E-state index in [0.717, 1.165) is 54.7 Å².